The fourth-order valence-corrected chi connectivity index (χ4v) is 3.17. The summed E-state index contributed by atoms with van der Waals surface area (Å²) in [4.78, 5) is 30.1. The molecule has 0 bridgehead atoms. The molecule has 3 aromatic rings. The lowest BCUT2D eigenvalue weighted by Crippen LogP contribution is -2.36. The first-order valence-corrected chi connectivity index (χ1v) is 10.1. The number of ether oxygens (including phenoxy) is 1. The number of hydrogen-bond acceptors (Lipinski definition) is 3. The van der Waals surface area contributed by atoms with Crippen molar-refractivity contribution in [3.05, 3.63) is 65.4 Å². The number of amides is 2. The predicted octanol–water partition coefficient (Wildman–Crippen LogP) is 5.49. The first-order valence-electron chi connectivity index (χ1n) is 10.1. The second kappa shape index (κ2) is 8.61. The van der Waals surface area contributed by atoms with E-state index in [2.05, 4.69) is 10.3 Å². The minimum atomic E-state index is -0.563. The third-order valence-corrected chi connectivity index (χ3v) is 4.68. The zero-order valence-corrected chi connectivity index (χ0v) is 18.2. The minimum Gasteiger partial charge on any atom is -0.444 e. The highest BCUT2D eigenvalue weighted by Crippen LogP contribution is 2.22. The third kappa shape index (κ3) is 5.20. The van der Waals surface area contributed by atoms with Gasteiger partial charge in [0.05, 0.1) is 6.54 Å². The maximum absolute atomic E-state index is 12.9. The largest absolute Gasteiger partial charge is 0.444 e. The van der Waals surface area contributed by atoms with Gasteiger partial charge in [-0.05, 0) is 63.9 Å². The van der Waals surface area contributed by atoms with Crippen molar-refractivity contribution in [2.24, 2.45) is 0 Å². The van der Waals surface area contributed by atoms with Gasteiger partial charge in [0, 0.05) is 23.1 Å². The molecule has 6 heteroatoms. The molecule has 3 rings (SSSR count). The Balaban J connectivity index is 1.78. The number of rotatable bonds is 5. The van der Waals surface area contributed by atoms with Gasteiger partial charge >= 0.3 is 6.09 Å². The molecule has 0 unspecified atom stereocenters. The average molecular weight is 408 g/mol. The van der Waals surface area contributed by atoms with Gasteiger partial charge in [-0.25, -0.2) is 4.79 Å². The van der Waals surface area contributed by atoms with Crippen LogP contribution < -0.4 is 5.32 Å². The number of aromatic amines is 1. The van der Waals surface area contributed by atoms with E-state index in [0.29, 0.717) is 24.5 Å². The fourth-order valence-electron chi connectivity index (χ4n) is 3.17. The van der Waals surface area contributed by atoms with Crippen molar-refractivity contribution in [1.82, 2.24) is 9.88 Å². The highest BCUT2D eigenvalue weighted by molar-refractivity contribution is 6.06. The molecule has 158 valence electrons. The molecule has 2 N–H and O–H groups in total. The Hall–Kier alpha value is -3.28. The van der Waals surface area contributed by atoms with E-state index in [0.717, 1.165) is 22.0 Å². The molecule has 0 aliphatic rings. The topological polar surface area (TPSA) is 74.4 Å². The van der Waals surface area contributed by atoms with Crippen LogP contribution in [-0.2, 0) is 11.3 Å². The highest BCUT2D eigenvalue weighted by atomic mass is 16.6. The Kier molecular flexibility index (Phi) is 6.15. The van der Waals surface area contributed by atoms with E-state index in [1.807, 2.05) is 83.1 Å². The first-order chi connectivity index (χ1) is 14.2. The van der Waals surface area contributed by atoms with Gasteiger partial charge in [0.2, 0.25) is 0 Å². The van der Waals surface area contributed by atoms with Crippen LogP contribution in [0.2, 0.25) is 0 Å². The van der Waals surface area contributed by atoms with E-state index >= 15 is 0 Å². The smallest absolute Gasteiger partial charge is 0.410 e. The Morgan fingerprint density at radius 3 is 2.53 bits per heavy atom. The SMILES string of the molecule is CCN(Cc1ccccc1NC(=O)c1cc2ccc(C)cc2[nH]1)C(=O)OC(C)(C)C. The number of aryl methyl sites for hydroxylation is 1. The number of carbonyl (C=O) groups excluding carboxylic acids is 2. The molecule has 2 aromatic carbocycles. The van der Waals surface area contributed by atoms with Crippen molar-refractivity contribution in [3.63, 3.8) is 0 Å². The number of nitrogens with zero attached hydrogens (tertiary/aromatic N) is 1. The number of hydrogen-bond donors (Lipinski definition) is 2. The molecule has 1 heterocycles. The van der Waals surface area contributed by atoms with Crippen LogP contribution in [0.3, 0.4) is 0 Å². The number of aromatic nitrogens is 1. The summed E-state index contributed by atoms with van der Waals surface area (Å²) in [5.41, 5.74) is 3.49. The van der Waals surface area contributed by atoms with E-state index < -0.39 is 5.60 Å². The second-order valence-electron chi connectivity index (χ2n) is 8.38. The number of anilines is 1. The first kappa shape index (κ1) is 21.4. The molecule has 0 saturated carbocycles. The summed E-state index contributed by atoms with van der Waals surface area (Å²) in [5, 5.41) is 3.96. The van der Waals surface area contributed by atoms with Crippen LogP contribution >= 0.6 is 0 Å². The van der Waals surface area contributed by atoms with Gasteiger partial charge in [0.25, 0.3) is 5.91 Å². The Morgan fingerprint density at radius 1 is 1.10 bits per heavy atom. The van der Waals surface area contributed by atoms with Gasteiger partial charge in [0.1, 0.15) is 11.3 Å². The summed E-state index contributed by atoms with van der Waals surface area (Å²) in [6, 6.07) is 15.3. The quantitative estimate of drug-likeness (QED) is 0.588. The molecule has 0 radical (unpaired) electrons. The normalized spacial score (nSPS) is 11.4. The van der Waals surface area contributed by atoms with Gasteiger partial charge in [-0.15, -0.1) is 0 Å². The van der Waals surface area contributed by atoms with E-state index in [9.17, 15) is 9.59 Å². The standard InChI is InChI=1S/C24H29N3O3/c1-6-27(23(29)30-24(3,4)5)15-18-9-7-8-10-19(18)26-22(28)21-14-17-12-11-16(2)13-20(17)25-21/h7-14,25H,6,15H2,1-5H3,(H,26,28). The summed E-state index contributed by atoms with van der Waals surface area (Å²) in [6.07, 6.45) is -0.378. The van der Waals surface area contributed by atoms with Gasteiger partial charge < -0.3 is 19.9 Å². The Labute approximate surface area is 177 Å². The van der Waals surface area contributed by atoms with Crippen molar-refractivity contribution in [1.29, 1.82) is 0 Å². The minimum absolute atomic E-state index is 0.225. The Morgan fingerprint density at radius 2 is 1.83 bits per heavy atom. The lowest BCUT2D eigenvalue weighted by atomic mass is 10.1. The summed E-state index contributed by atoms with van der Waals surface area (Å²) in [7, 11) is 0. The van der Waals surface area contributed by atoms with E-state index in [1.54, 1.807) is 4.90 Å². The van der Waals surface area contributed by atoms with Crippen LogP contribution in [0.25, 0.3) is 10.9 Å². The molecule has 0 fully saturated rings. The van der Waals surface area contributed by atoms with Gasteiger partial charge in [-0.2, -0.15) is 0 Å². The average Bonchev–Trinajstić information content (AvgIpc) is 3.09. The highest BCUT2D eigenvalue weighted by Gasteiger charge is 2.22. The summed E-state index contributed by atoms with van der Waals surface area (Å²) in [6.45, 7) is 10.3. The zero-order chi connectivity index (χ0) is 21.9. The predicted molar refractivity (Wildman–Crippen MR) is 120 cm³/mol. The molecule has 2 amide bonds. The fraction of sp³-hybridized carbons (Fsp3) is 0.333. The third-order valence-electron chi connectivity index (χ3n) is 4.68. The van der Waals surface area contributed by atoms with E-state index in [4.69, 9.17) is 4.74 Å². The van der Waals surface area contributed by atoms with Crippen LogP contribution in [0, 0.1) is 6.92 Å². The number of nitrogens with one attached hydrogen (secondary N) is 2. The number of para-hydroxylation sites is 1. The summed E-state index contributed by atoms with van der Waals surface area (Å²) >= 11 is 0. The monoisotopic (exact) mass is 407 g/mol. The van der Waals surface area contributed by atoms with E-state index in [1.165, 1.54) is 0 Å². The number of benzene rings is 2. The molecule has 0 aliphatic carbocycles. The van der Waals surface area contributed by atoms with Crippen molar-refractivity contribution in [2.75, 3.05) is 11.9 Å². The van der Waals surface area contributed by atoms with E-state index in [-0.39, 0.29) is 12.0 Å². The van der Waals surface area contributed by atoms with Gasteiger partial charge in [0.15, 0.2) is 0 Å². The molecule has 1 aromatic heterocycles. The van der Waals surface area contributed by atoms with Crippen molar-refractivity contribution in [3.8, 4) is 0 Å². The molecule has 30 heavy (non-hydrogen) atoms. The zero-order valence-electron chi connectivity index (χ0n) is 18.2. The maximum atomic E-state index is 12.9. The van der Waals surface area contributed by atoms with Crippen LogP contribution in [-0.4, -0.2) is 34.0 Å². The maximum Gasteiger partial charge on any atom is 0.410 e. The molecule has 0 atom stereocenters. The lowest BCUT2D eigenvalue weighted by Gasteiger charge is -2.27. The van der Waals surface area contributed by atoms with Gasteiger partial charge in [-0.3, -0.25) is 4.79 Å². The Bertz CT molecular complexity index is 1060. The van der Waals surface area contributed by atoms with Crippen LogP contribution in [0.15, 0.2) is 48.5 Å². The van der Waals surface area contributed by atoms with Crippen molar-refractivity contribution < 1.29 is 14.3 Å². The molecule has 0 saturated heterocycles. The molecule has 6 nitrogen and oxygen atoms in total. The van der Waals surface area contributed by atoms with Crippen molar-refractivity contribution in [2.45, 2.75) is 46.8 Å². The summed E-state index contributed by atoms with van der Waals surface area (Å²) < 4.78 is 5.49. The number of H-pyrrole nitrogens is 1. The lowest BCUT2D eigenvalue weighted by molar-refractivity contribution is 0.0245. The summed E-state index contributed by atoms with van der Waals surface area (Å²) in [5.74, 6) is -0.225. The molecule has 0 aliphatic heterocycles. The number of fused-ring (bicyclic) bond motifs is 1. The van der Waals surface area contributed by atoms with Crippen molar-refractivity contribution >= 4 is 28.6 Å². The van der Waals surface area contributed by atoms with Crippen LogP contribution in [0.4, 0.5) is 10.5 Å². The molecular weight excluding hydrogens is 378 g/mol. The van der Waals surface area contributed by atoms with Gasteiger partial charge in [-0.1, -0.05) is 30.3 Å². The number of carbonyl (C=O) groups is 2. The van der Waals surface area contributed by atoms with Crippen LogP contribution in [0.5, 0.6) is 0 Å². The second-order valence-corrected chi connectivity index (χ2v) is 8.38. The molecule has 0 spiro atoms. The van der Waals surface area contributed by atoms with Crippen LogP contribution in [0.1, 0.15) is 49.3 Å². The molecular formula is C24H29N3O3.